The number of hydrogen-bond acceptors (Lipinski definition) is 0. The molecule has 0 spiro atoms. The zero-order valence-corrected chi connectivity index (χ0v) is 3.99. The van der Waals surface area contributed by atoms with E-state index in [0.29, 0.717) is 0 Å². The van der Waals surface area contributed by atoms with Crippen molar-refractivity contribution in [3.05, 3.63) is 13.2 Å². The van der Waals surface area contributed by atoms with Gasteiger partial charge in [0.05, 0.1) is 0 Å². The lowest BCUT2D eigenvalue weighted by Gasteiger charge is -1.07. The summed E-state index contributed by atoms with van der Waals surface area (Å²) in [6.45, 7) is 10.0. The predicted molar refractivity (Wildman–Crippen MR) is 28.4 cm³/mol. The second kappa shape index (κ2) is 787. The van der Waals surface area contributed by atoms with Crippen LogP contribution in [0.2, 0.25) is 0 Å². The highest BCUT2D eigenvalue weighted by Gasteiger charge is 0.932. The lowest BCUT2D eigenvalue weighted by molar-refractivity contribution is 1.50. The van der Waals surface area contributed by atoms with Crippen LogP contribution in [0.3, 0.4) is 0 Å². The molecular weight excluding hydrogens is 58.9 g/mol. The Morgan fingerprint density at radius 1 is 1.00 bits per heavy atom. The molecule has 5 heavy (non-hydrogen) atoms. The Balaban J connectivity index is -0.0000000133. The van der Waals surface area contributed by atoms with Crippen molar-refractivity contribution in [1.82, 2.24) is 0 Å². The van der Waals surface area contributed by atoms with Gasteiger partial charge in [-0.1, -0.05) is 13.8 Å². The molecule has 0 aliphatic rings. The minimum Gasteiger partial charge on any atom is -0.106 e. The third-order valence-electron chi connectivity index (χ3n) is 0. The van der Waals surface area contributed by atoms with E-state index in [-0.39, 0.29) is 8.41 Å². The average molecular weight is 68.9 g/mol. The second-order valence-electron chi connectivity index (χ2n) is 0. The SMILES string of the molecule is C=C.CC.[B]. The van der Waals surface area contributed by atoms with Crippen molar-refractivity contribution in [2.75, 3.05) is 0 Å². The molecule has 0 amide bonds. The molecule has 0 nitrogen and oxygen atoms in total. The molecule has 0 unspecified atom stereocenters. The second-order valence-corrected chi connectivity index (χ2v) is 0. The smallest absolute Gasteiger partial charge is 0 e. The van der Waals surface area contributed by atoms with E-state index in [1.807, 2.05) is 13.8 Å². The molecule has 0 saturated heterocycles. The van der Waals surface area contributed by atoms with Crippen LogP contribution < -0.4 is 0 Å². The normalized spacial score (nSPS) is 2.00. The maximum Gasteiger partial charge on any atom is 0 e. The molecule has 1 heteroatoms. The third-order valence-corrected chi connectivity index (χ3v) is 0. The molecule has 29 valence electrons. The van der Waals surface area contributed by atoms with Gasteiger partial charge in [-0.3, -0.25) is 0 Å². The number of hydrogen-bond donors (Lipinski definition) is 0. The molecule has 0 fully saturated rings. The van der Waals surface area contributed by atoms with Gasteiger partial charge >= 0.3 is 0 Å². The van der Waals surface area contributed by atoms with Crippen LogP contribution in [0.4, 0.5) is 0 Å². The van der Waals surface area contributed by atoms with E-state index in [0.717, 1.165) is 0 Å². The molecule has 3 radical (unpaired) electrons. The van der Waals surface area contributed by atoms with E-state index in [9.17, 15) is 0 Å². The predicted octanol–water partition coefficient (Wildman–Crippen LogP) is 1.45. The Morgan fingerprint density at radius 3 is 1.00 bits per heavy atom. The fourth-order valence-electron chi connectivity index (χ4n) is 0. The van der Waals surface area contributed by atoms with Crippen LogP contribution >= 0.6 is 0 Å². The Hall–Kier alpha value is -0.195. The van der Waals surface area contributed by atoms with E-state index in [4.69, 9.17) is 0 Å². The summed E-state index contributed by atoms with van der Waals surface area (Å²) in [6, 6.07) is 0. The molecule has 0 saturated carbocycles. The Labute approximate surface area is 36.5 Å². The van der Waals surface area contributed by atoms with E-state index in [1.165, 1.54) is 0 Å². The van der Waals surface area contributed by atoms with Crippen molar-refractivity contribution in [2.45, 2.75) is 13.8 Å². The van der Waals surface area contributed by atoms with Gasteiger partial charge in [-0.2, -0.15) is 0 Å². The molecule has 0 rings (SSSR count). The van der Waals surface area contributed by atoms with Gasteiger partial charge in [0.2, 0.25) is 0 Å². The van der Waals surface area contributed by atoms with Gasteiger partial charge in [0.25, 0.3) is 0 Å². The lowest BCUT2D eigenvalue weighted by Crippen LogP contribution is -0.856. The molecule has 0 atom stereocenters. The highest BCUT2D eigenvalue weighted by atomic mass is 13.0. The van der Waals surface area contributed by atoms with Gasteiger partial charge < -0.3 is 0 Å². The van der Waals surface area contributed by atoms with Crippen molar-refractivity contribution in [2.24, 2.45) is 0 Å². The zero-order chi connectivity index (χ0) is 4.00. The quantitative estimate of drug-likeness (QED) is 0.298. The van der Waals surface area contributed by atoms with Crippen molar-refractivity contribution in [1.29, 1.82) is 0 Å². The van der Waals surface area contributed by atoms with E-state index >= 15 is 0 Å². The van der Waals surface area contributed by atoms with Crippen molar-refractivity contribution < 1.29 is 0 Å². The molecule has 0 heterocycles. The average Bonchev–Trinajstić information content (AvgIpc) is 1.50. The molecule has 0 bridgehead atoms. The van der Waals surface area contributed by atoms with Crippen LogP contribution in [0.5, 0.6) is 0 Å². The van der Waals surface area contributed by atoms with Gasteiger partial charge in [0.15, 0.2) is 0 Å². The summed E-state index contributed by atoms with van der Waals surface area (Å²) in [6.07, 6.45) is 0. The van der Waals surface area contributed by atoms with Gasteiger partial charge in [0, 0.05) is 8.41 Å². The third kappa shape index (κ3) is 326. The molecule has 0 aromatic rings. The van der Waals surface area contributed by atoms with E-state index in [1.54, 1.807) is 0 Å². The first-order valence-corrected chi connectivity index (χ1v) is 1.50. The lowest BCUT2D eigenvalue weighted by atomic mass is 10.8. The summed E-state index contributed by atoms with van der Waals surface area (Å²) in [4.78, 5) is 0. The van der Waals surface area contributed by atoms with Crippen molar-refractivity contribution >= 4 is 8.41 Å². The first kappa shape index (κ1) is 21.4. The standard InChI is InChI=1S/C2H6.C2H4.B/c2*1-2;/h1-2H3;1-2H2;. The Bertz CT molecular complexity index is 3.61. The summed E-state index contributed by atoms with van der Waals surface area (Å²) in [5, 5.41) is 0. The van der Waals surface area contributed by atoms with Crippen molar-refractivity contribution in [3.8, 4) is 0 Å². The molecular formula is C4H10B. The van der Waals surface area contributed by atoms with Crippen LogP contribution in [0.15, 0.2) is 13.2 Å². The van der Waals surface area contributed by atoms with E-state index < -0.39 is 0 Å². The maximum atomic E-state index is 3.00. The summed E-state index contributed by atoms with van der Waals surface area (Å²) >= 11 is 0. The fourth-order valence-corrected chi connectivity index (χ4v) is 0. The summed E-state index contributed by atoms with van der Waals surface area (Å²) in [5.41, 5.74) is 0. The minimum absolute atomic E-state index is 0. The van der Waals surface area contributed by atoms with Gasteiger partial charge in [-0.25, -0.2) is 0 Å². The van der Waals surface area contributed by atoms with Crippen molar-refractivity contribution in [3.63, 3.8) is 0 Å². The summed E-state index contributed by atoms with van der Waals surface area (Å²) in [5.74, 6) is 0. The van der Waals surface area contributed by atoms with Gasteiger partial charge in [-0.15, -0.1) is 13.2 Å². The molecule has 0 aliphatic carbocycles. The van der Waals surface area contributed by atoms with Crippen LogP contribution in [-0.4, -0.2) is 8.41 Å². The highest BCUT2D eigenvalue weighted by molar-refractivity contribution is 5.75. The maximum absolute atomic E-state index is 3.00. The van der Waals surface area contributed by atoms with Crippen LogP contribution in [0.1, 0.15) is 13.8 Å². The largest absolute Gasteiger partial charge is 0.106 e. The monoisotopic (exact) mass is 69.1 g/mol. The molecule has 0 aromatic heterocycles. The zero-order valence-electron chi connectivity index (χ0n) is 3.99. The Kier molecular flexibility index (Phi) is 3360. The topological polar surface area (TPSA) is 0 Å². The summed E-state index contributed by atoms with van der Waals surface area (Å²) < 4.78 is 0. The highest BCUT2D eigenvalue weighted by Crippen LogP contribution is 1.14. The Morgan fingerprint density at radius 2 is 1.00 bits per heavy atom. The number of rotatable bonds is 0. The van der Waals surface area contributed by atoms with Gasteiger partial charge in [0.1, 0.15) is 0 Å². The minimum atomic E-state index is 0. The summed E-state index contributed by atoms with van der Waals surface area (Å²) in [7, 11) is 0. The molecule has 0 aliphatic heterocycles. The van der Waals surface area contributed by atoms with Crippen LogP contribution in [0.25, 0.3) is 0 Å². The van der Waals surface area contributed by atoms with Crippen LogP contribution in [0, 0.1) is 0 Å². The molecule has 0 N–H and O–H groups in total. The van der Waals surface area contributed by atoms with Crippen LogP contribution in [-0.2, 0) is 0 Å². The molecule has 0 aromatic carbocycles. The fraction of sp³-hybridized carbons (Fsp3) is 0.500. The first-order valence-electron chi connectivity index (χ1n) is 1.50. The van der Waals surface area contributed by atoms with E-state index in [2.05, 4.69) is 13.2 Å². The van der Waals surface area contributed by atoms with Gasteiger partial charge in [-0.05, 0) is 0 Å². The first-order chi connectivity index (χ1) is 2.00.